The van der Waals surface area contributed by atoms with Gasteiger partial charge in [-0.3, -0.25) is 9.59 Å². The molecule has 0 saturated heterocycles. The summed E-state index contributed by atoms with van der Waals surface area (Å²) >= 11 is 0. The van der Waals surface area contributed by atoms with Crippen molar-refractivity contribution in [3.05, 3.63) is 0 Å². The third kappa shape index (κ3) is 1.29. The third-order valence-electron chi connectivity index (χ3n) is 3.54. The summed E-state index contributed by atoms with van der Waals surface area (Å²) in [5.41, 5.74) is -0.592. The molecule has 2 aliphatic carbocycles. The van der Waals surface area contributed by atoms with E-state index in [0.29, 0.717) is 12.8 Å². The molecule has 2 aliphatic rings. The van der Waals surface area contributed by atoms with Gasteiger partial charge in [-0.1, -0.05) is 0 Å². The maximum atomic E-state index is 11.1. The maximum absolute atomic E-state index is 11.1. The molecule has 78 valence electrons. The van der Waals surface area contributed by atoms with Gasteiger partial charge >= 0.3 is 11.9 Å². The zero-order chi connectivity index (χ0) is 10.3. The molecule has 0 aromatic heterocycles. The standard InChI is InChI=1S/C10H14O4/c1-6(11)14-8-5-10(9(12)13)3-2-7(8)4-10/h7-8H,2-5H2,1H3,(H,12,13)/t7-,8-,10-/m1/s1. The van der Waals surface area contributed by atoms with E-state index in [-0.39, 0.29) is 18.0 Å². The number of hydrogen-bond acceptors (Lipinski definition) is 3. The highest BCUT2D eigenvalue weighted by molar-refractivity contribution is 5.76. The number of rotatable bonds is 2. The van der Waals surface area contributed by atoms with Crippen LogP contribution < -0.4 is 0 Å². The summed E-state index contributed by atoms with van der Waals surface area (Å²) in [6.45, 7) is 1.37. The summed E-state index contributed by atoms with van der Waals surface area (Å²) in [5, 5.41) is 9.10. The summed E-state index contributed by atoms with van der Waals surface area (Å²) < 4.78 is 5.12. The molecule has 1 N–H and O–H groups in total. The van der Waals surface area contributed by atoms with Crippen molar-refractivity contribution in [1.82, 2.24) is 0 Å². The van der Waals surface area contributed by atoms with Crippen LogP contribution in [0.1, 0.15) is 32.6 Å². The molecule has 0 aromatic rings. The van der Waals surface area contributed by atoms with Crippen molar-refractivity contribution in [2.24, 2.45) is 11.3 Å². The van der Waals surface area contributed by atoms with Crippen LogP contribution in [0.4, 0.5) is 0 Å². The number of carbonyl (C=O) groups excluding carboxylic acids is 1. The third-order valence-corrected chi connectivity index (χ3v) is 3.54. The molecule has 2 saturated carbocycles. The fraction of sp³-hybridized carbons (Fsp3) is 0.800. The van der Waals surface area contributed by atoms with E-state index in [1.54, 1.807) is 0 Å². The van der Waals surface area contributed by atoms with Crippen LogP contribution in [0.3, 0.4) is 0 Å². The van der Waals surface area contributed by atoms with Gasteiger partial charge in [0, 0.05) is 13.3 Å². The Morgan fingerprint density at radius 1 is 1.43 bits per heavy atom. The second-order valence-electron chi connectivity index (χ2n) is 4.44. The highest BCUT2D eigenvalue weighted by atomic mass is 16.5. The predicted octanol–water partition coefficient (Wildman–Crippen LogP) is 1.19. The summed E-state index contributed by atoms with van der Waals surface area (Å²) in [6, 6.07) is 0. The van der Waals surface area contributed by atoms with Crippen LogP contribution in [-0.2, 0) is 14.3 Å². The van der Waals surface area contributed by atoms with Crippen molar-refractivity contribution in [2.45, 2.75) is 38.7 Å². The van der Waals surface area contributed by atoms with Crippen molar-refractivity contribution < 1.29 is 19.4 Å². The normalized spacial score (nSPS) is 39.8. The number of esters is 1. The molecule has 0 heterocycles. The zero-order valence-corrected chi connectivity index (χ0v) is 8.16. The number of hydrogen-bond donors (Lipinski definition) is 1. The van der Waals surface area contributed by atoms with Crippen LogP contribution in [0.5, 0.6) is 0 Å². The maximum Gasteiger partial charge on any atom is 0.309 e. The van der Waals surface area contributed by atoms with Gasteiger partial charge in [-0.15, -0.1) is 0 Å². The van der Waals surface area contributed by atoms with Crippen LogP contribution in [0.15, 0.2) is 0 Å². The fourth-order valence-electron chi connectivity index (χ4n) is 2.85. The van der Waals surface area contributed by atoms with E-state index >= 15 is 0 Å². The van der Waals surface area contributed by atoms with Gasteiger partial charge in [0.2, 0.25) is 0 Å². The van der Waals surface area contributed by atoms with Gasteiger partial charge in [0.25, 0.3) is 0 Å². The van der Waals surface area contributed by atoms with Crippen molar-refractivity contribution in [2.75, 3.05) is 0 Å². The Bertz CT molecular complexity index is 286. The smallest absolute Gasteiger partial charge is 0.309 e. The lowest BCUT2D eigenvalue weighted by Crippen LogP contribution is -2.31. The molecule has 0 amide bonds. The van der Waals surface area contributed by atoms with Gasteiger partial charge in [0.1, 0.15) is 6.10 Å². The number of carboxylic acid groups (broad SMARTS) is 1. The van der Waals surface area contributed by atoms with E-state index in [1.807, 2.05) is 0 Å². The molecule has 14 heavy (non-hydrogen) atoms. The van der Waals surface area contributed by atoms with Crippen LogP contribution in [-0.4, -0.2) is 23.1 Å². The lowest BCUT2D eigenvalue weighted by atomic mass is 9.83. The van der Waals surface area contributed by atoms with Crippen LogP contribution in [0.25, 0.3) is 0 Å². The minimum Gasteiger partial charge on any atom is -0.481 e. The Balaban J connectivity index is 2.09. The molecule has 0 spiro atoms. The van der Waals surface area contributed by atoms with Crippen molar-refractivity contribution in [1.29, 1.82) is 0 Å². The average Bonchev–Trinajstić information content (AvgIpc) is 2.60. The largest absolute Gasteiger partial charge is 0.481 e. The zero-order valence-electron chi connectivity index (χ0n) is 8.16. The molecular weight excluding hydrogens is 184 g/mol. The molecule has 0 unspecified atom stereocenters. The van der Waals surface area contributed by atoms with Gasteiger partial charge in [-0.05, 0) is 25.2 Å². The molecule has 2 rings (SSSR count). The topological polar surface area (TPSA) is 63.6 Å². The van der Waals surface area contributed by atoms with Gasteiger partial charge < -0.3 is 9.84 Å². The first-order valence-electron chi connectivity index (χ1n) is 4.94. The number of fused-ring (bicyclic) bond motifs is 2. The van der Waals surface area contributed by atoms with Crippen molar-refractivity contribution in [3.63, 3.8) is 0 Å². The lowest BCUT2D eigenvalue weighted by molar-refractivity contribution is -0.155. The predicted molar refractivity (Wildman–Crippen MR) is 47.6 cm³/mol. The SMILES string of the molecule is CC(=O)O[C@@H]1C[C@@]2(C(=O)O)CC[C@@H]1C2. The molecule has 2 fully saturated rings. The Morgan fingerprint density at radius 3 is 2.64 bits per heavy atom. The van der Waals surface area contributed by atoms with Crippen molar-refractivity contribution >= 4 is 11.9 Å². The van der Waals surface area contributed by atoms with E-state index in [4.69, 9.17) is 9.84 Å². The van der Waals surface area contributed by atoms with Crippen LogP contribution >= 0.6 is 0 Å². The van der Waals surface area contributed by atoms with E-state index in [9.17, 15) is 9.59 Å². The van der Waals surface area contributed by atoms with E-state index in [1.165, 1.54) is 6.92 Å². The van der Waals surface area contributed by atoms with E-state index < -0.39 is 11.4 Å². The second kappa shape index (κ2) is 2.97. The quantitative estimate of drug-likeness (QED) is 0.677. The summed E-state index contributed by atoms with van der Waals surface area (Å²) in [5.74, 6) is -0.757. The minimum atomic E-state index is -0.727. The molecule has 3 atom stereocenters. The number of ether oxygens (including phenoxy) is 1. The Morgan fingerprint density at radius 2 is 2.14 bits per heavy atom. The molecule has 0 aromatic carbocycles. The lowest BCUT2D eigenvalue weighted by Gasteiger charge is -2.25. The Hall–Kier alpha value is -1.06. The summed E-state index contributed by atoms with van der Waals surface area (Å²) in [6.07, 6.45) is 2.65. The van der Waals surface area contributed by atoms with Gasteiger partial charge in [0.05, 0.1) is 5.41 Å². The van der Waals surface area contributed by atoms with Gasteiger partial charge in [0.15, 0.2) is 0 Å². The van der Waals surface area contributed by atoms with E-state index in [0.717, 1.165) is 12.8 Å². The fourth-order valence-corrected chi connectivity index (χ4v) is 2.85. The van der Waals surface area contributed by atoms with Gasteiger partial charge in [-0.25, -0.2) is 0 Å². The van der Waals surface area contributed by atoms with Crippen LogP contribution in [0, 0.1) is 11.3 Å². The van der Waals surface area contributed by atoms with Gasteiger partial charge in [-0.2, -0.15) is 0 Å². The van der Waals surface area contributed by atoms with Crippen molar-refractivity contribution in [3.8, 4) is 0 Å². The molecule has 4 nitrogen and oxygen atoms in total. The monoisotopic (exact) mass is 198 g/mol. The molecule has 0 radical (unpaired) electrons. The van der Waals surface area contributed by atoms with E-state index in [2.05, 4.69) is 0 Å². The number of carbonyl (C=O) groups is 2. The first kappa shape index (κ1) is 9.49. The first-order valence-corrected chi connectivity index (χ1v) is 4.94. The Kier molecular flexibility index (Phi) is 2.01. The van der Waals surface area contributed by atoms with Crippen LogP contribution in [0.2, 0.25) is 0 Å². The second-order valence-corrected chi connectivity index (χ2v) is 4.44. The highest BCUT2D eigenvalue weighted by Gasteiger charge is 2.56. The molecule has 4 heteroatoms. The first-order chi connectivity index (χ1) is 6.53. The average molecular weight is 198 g/mol. The highest BCUT2D eigenvalue weighted by Crippen LogP contribution is 2.55. The summed E-state index contributed by atoms with van der Waals surface area (Å²) in [4.78, 5) is 21.9. The summed E-state index contributed by atoms with van der Waals surface area (Å²) in [7, 11) is 0. The Labute approximate surface area is 82.2 Å². The molecular formula is C10H14O4. The minimum absolute atomic E-state index is 0.155. The molecule has 2 bridgehead atoms. The molecule has 0 aliphatic heterocycles. The number of carboxylic acids is 1. The number of aliphatic carboxylic acids is 1.